The molecule has 0 heterocycles. The molecule has 0 bridgehead atoms. The van der Waals surface area contributed by atoms with Crippen LogP contribution in [0.5, 0.6) is 5.75 Å². The van der Waals surface area contributed by atoms with E-state index in [1.165, 1.54) is 12.1 Å². The fourth-order valence-electron chi connectivity index (χ4n) is 1.89. The topological polar surface area (TPSA) is 45.0 Å². The van der Waals surface area contributed by atoms with E-state index in [4.69, 9.17) is 21.6 Å². The molecule has 1 unspecified atom stereocenters. The fraction of sp³-hybridized carbons (Fsp3) is 0.188. The monoisotopic (exact) mass is 304 g/mol. The van der Waals surface area contributed by atoms with Crippen molar-refractivity contribution in [3.63, 3.8) is 0 Å². The Morgan fingerprint density at radius 1 is 1.29 bits per heavy atom. The molecule has 0 saturated heterocycles. The van der Waals surface area contributed by atoms with Crippen molar-refractivity contribution in [2.24, 2.45) is 0 Å². The summed E-state index contributed by atoms with van der Waals surface area (Å²) in [4.78, 5) is 0. The van der Waals surface area contributed by atoms with Gasteiger partial charge < -0.3 is 10.1 Å². The van der Waals surface area contributed by atoms with Crippen LogP contribution in [0.1, 0.15) is 18.5 Å². The van der Waals surface area contributed by atoms with Gasteiger partial charge in [-0.25, -0.2) is 4.39 Å². The first kappa shape index (κ1) is 15.1. The van der Waals surface area contributed by atoms with Gasteiger partial charge in [-0.05, 0) is 42.8 Å². The molecule has 1 atom stereocenters. The highest BCUT2D eigenvalue weighted by Gasteiger charge is 2.08. The van der Waals surface area contributed by atoms with Crippen molar-refractivity contribution in [2.45, 2.75) is 13.0 Å². The first-order valence-electron chi connectivity index (χ1n) is 6.41. The van der Waals surface area contributed by atoms with E-state index in [1.807, 2.05) is 25.1 Å². The van der Waals surface area contributed by atoms with Crippen molar-refractivity contribution >= 4 is 17.3 Å². The van der Waals surface area contributed by atoms with Crippen molar-refractivity contribution in [1.82, 2.24) is 0 Å². The molecule has 0 spiro atoms. The van der Waals surface area contributed by atoms with E-state index in [1.54, 1.807) is 18.2 Å². The van der Waals surface area contributed by atoms with Crippen LogP contribution < -0.4 is 10.1 Å². The van der Waals surface area contributed by atoms with Gasteiger partial charge in [-0.15, -0.1) is 0 Å². The van der Waals surface area contributed by atoms with Gasteiger partial charge in [0, 0.05) is 6.04 Å². The summed E-state index contributed by atoms with van der Waals surface area (Å²) >= 11 is 5.99. The second kappa shape index (κ2) is 6.96. The summed E-state index contributed by atoms with van der Waals surface area (Å²) in [6.07, 6.45) is 0. The van der Waals surface area contributed by atoms with Crippen LogP contribution in [-0.4, -0.2) is 6.61 Å². The highest BCUT2D eigenvalue weighted by atomic mass is 35.5. The number of rotatable bonds is 5. The second-order valence-electron chi connectivity index (χ2n) is 4.51. The van der Waals surface area contributed by atoms with E-state index in [-0.39, 0.29) is 18.5 Å². The highest BCUT2D eigenvalue weighted by molar-refractivity contribution is 6.33. The second-order valence-corrected chi connectivity index (χ2v) is 4.91. The summed E-state index contributed by atoms with van der Waals surface area (Å²) in [5.74, 6) is 0.282. The summed E-state index contributed by atoms with van der Waals surface area (Å²) in [7, 11) is 0. The molecule has 2 aromatic rings. The van der Waals surface area contributed by atoms with E-state index < -0.39 is 0 Å². The molecule has 3 nitrogen and oxygen atoms in total. The molecule has 0 saturated carbocycles. The lowest BCUT2D eigenvalue weighted by Crippen LogP contribution is -2.07. The molecule has 0 aliphatic rings. The SMILES string of the molecule is CC(Nc1ccc(F)cc1Cl)c1ccc(OCC#N)cc1. The fourth-order valence-corrected chi connectivity index (χ4v) is 2.11. The van der Waals surface area contributed by atoms with E-state index in [9.17, 15) is 4.39 Å². The van der Waals surface area contributed by atoms with Crippen LogP contribution in [0.3, 0.4) is 0 Å². The first-order chi connectivity index (χ1) is 10.1. The van der Waals surface area contributed by atoms with Gasteiger partial charge in [0.2, 0.25) is 0 Å². The average Bonchev–Trinajstić information content (AvgIpc) is 2.48. The predicted octanol–water partition coefficient (Wildman–Crippen LogP) is 4.55. The normalized spacial score (nSPS) is 11.5. The molecule has 0 aliphatic carbocycles. The molecular formula is C16H14ClFN2O. The summed E-state index contributed by atoms with van der Waals surface area (Å²) in [6, 6.07) is 13.6. The molecule has 108 valence electrons. The van der Waals surface area contributed by atoms with Crippen LogP contribution in [-0.2, 0) is 0 Å². The molecule has 0 radical (unpaired) electrons. The minimum atomic E-state index is -0.364. The molecule has 0 amide bonds. The van der Waals surface area contributed by atoms with Crippen molar-refractivity contribution in [3.05, 3.63) is 58.9 Å². The van der Waals surface area contributed by atoms with Gasteiger partial charge >= 0.3 is 0 Å². The number of nitrogens with zero attached hydrogens (tertiary/aromatic N) is 1. The standard InChI is InChI=1S/C16H14ClFN2O/c1-11(20-16-7-4-13(18)10-15(16)17)12-2-5-14(6-3-12)21-9-8-19/h2-7,10-11,20H,9H2,1H3. The maximum Gasteiger partial charge on any atom is 0.174 e. The zero-order valence-electron chi connectivity index (χ0n) is 11.4. The van der Waals surface area contributed by atoms with Gasteiger partial charge in [0.15, 0.2) is 6.61 Å². The average molecular weight is 305 g/mol. The van der Waals surface area contributed by atoms with Crippen LogP contribution in [0, 0.1) is 17.1 Å². The van der Waals surface area contributed by atoms with Gasteiger partial charge in [0.05, 0.1) is 10.7 Å². The van der Waals surface area contributed by atoms with Crippen LogP contribution in [0.25, 0.3) is 0 Å². The summed E-state index contributed by atoms with van der Waals surface area (Å²) in [5.41, 5.74) is 1.70. The van der Waals surface area contributed by atoms with Crippen molar-refractivity contribution < 1.29 is 9.13 Å². The van der Waals surface area contributed by atoms with Crippen molar-refractivity contribution in [1.29, 1.82) is 5.26 Å². The van der Waals surface area contributed by atoms with Crippen LogP contribution in [0.15, 0.2) is 42.5 Å². The molecule has 0 aliphatic heterocycles. The molecule has 21 heavy (non-hydrogen) atoms. The smallest absolute Gasteiger partial charge is 0.174 e. The van der Waals surface area contributed by atoms with Gasteiger partial charge in [-0.1, -0.05) is 23.7 Å². The van der Waals surface area contributed by atoms with Crippen LogP contribution in [0.2, 0.25) is 5.02 Å². The summed E-state index contributed by atoms with van der Waals surface area (Å²) in [6.45, 7) is 2.00. The lowest BCUT2D eigenvalue weighted by Gasteiger charge is -2.17. The summed E-state index contributed by atoms with van der Waals surface area (Å²) < 4.78 is 18.2. The maximum absolute atomic E-state index is 13.0. The van der Waals surface area contributed by atoms with Gasteiger partial charge in [0.25, 0.3) is 0 Å². The number of ether oxygens (including phenoxy) is 1. The number of nitrogens with one attached hydrogen (secondary N) is 1. The zero-order chi connectivity index (χ0) is 15.2. The molecule has 2 aromatic carbocycles. The minimum absolute atomic E-state index is 0.00187. The van der Waals surface area contributed by atoms with Gasteiger partial charge in [0.1, 0.15) is 17.6 Å². The minimum Gasteiger partial charge on any atom is -0.479 e. The van der Waals surface area contributed by atoms with Gasteiger partial charge in [-0.2, -0.15) is 5.26 Å². The lowest BCUT2D eigenvalue weighted by molar-refractivity contribution is 0.368. The Morgan fingerprint density at radius 2 is 2.00 bits per heavy atom. The quantitative estimate of drug-likeness (QED) is 0.881. The van der Waals surface area contributed by atoms with E-state index in [0.29, 0.717) is 16.5 Å². The number of anilines is 1. The lowest BCUT2D eigenvalue weighted by atomic mass is 10.1. The largest absolute Gasteiger partial charge is 0.479 e. The third-order valence-electron chi connectivity index (χ3n) is 2.99. The maximum atomic E-state index is 13.0. The van der Waals surface area contributed by atoms with E-state index in [0.717, 1.165) is 5.56 Å². The Bertz CT molecular complexity index is 652. The predicted molar refractivity (Wildman–Crippen MR) is 81.0 cm³/mol. The first-order valence-corrected chi connectivity index (χ1v) is 6.79. The number of nitriles is 1. The zero-order valence-corrected chi connectivity index (χ0v) is 12.2. The highest BCUT2D eigenvalue weighted by Crippen LogP contribution is 2.27. The molecule has 1 N–H and O–H groups in total. The molecular weight excluding hydrogens is 291 g/mol. The Hall–Kier alpha value is -2.25. The Kier molecular flexibility index (Phi) is 5.02. The molecule has 0 fully saturated rings. The number of hydrogen-bond donors (Lipinski definition) is 1. The third kappa shape index (κ3) is 4.11. The van der Waals surface area contributed by atoms with Gasteiger partial charge in [-0.3, -0.25) is 0 Å². The van der Waals surface area contributed by atoms with Crippen LogP contribution >= 0.6 is 11.6 Å². The van der Waals surface area contributed by atoms with Crippen LogP contribution in [0.4, 0.5) is 10.1 Å². The number of benzene rings is 2. The molecule has 2 rings (SSSR count). The Morgan fingerprint density at radius 3 is 2.62 bits per heavy atom. The van der Waals surface area contributed by atoms with E-state index >= 15 is 0 Å². The number of hydrogen-bond acceptors (Lipinski definition) is 3. The Labute approximate surface area is 127 Å². The Balaban J connectivity index is 2.06. The van der Waals surface area contributed by atoms with E-state index in [2.05, 4.69) is 5.32 Å². The summed E-state index contributed by atoms with van der Waals surface area (Å²) in [5, 5.41) is 12.0. The molecule has 5 heteroatoms. The number of halogens is 2. The van der Waals surface area contributed by atoms with Crippen molar-refractivity contribution in [2.75, 3.05) is 11.9 Å². The van der Waals surface area contributed by atoms with Crippen molar-refractivity contribution in [3.8, 4) is 11.8 Å². The third-order valence-corrected chi connectivity index (χ3v) is 3.30. The molecule has 0 aromatic heterocycles.